The number of aromatic nitrogens is 1. The highest BCUT2D eigenvalue weighted by atomic mass is 32.2. The van der Waals surface area contributed by atoms with Gasteiger partial charge in [0.1, 0.15) is 5.03 Å². The van der Waals surface area contributed by atoms with E-state index in [9.17, 15) is 9.59 Å². The lowest BCUT2D eigenvalue weighted by molar-refractivity contribution is -0.119. The van der Waals surface area contributed by atoms with Gasteiger partial charge >= 0.3 is 0 Å². The Morgan fingerprint density at radius 2 is 1.61 bits per heavy atom. The number of hydrogen-bond donors (Lipinski definition) is 2. The van der Waals surface area contributed by atoms with Crippen molar-refractivity contribution in [1.82, 2.24) is 10.3 Å². The van der Waals surface area contributed by atoms with Crippen molar-refractivity contribution in [2.24, 2.45) is 5.73 Å². The third-order valence-corrected chi connectivity index (χ3v) is 6.86. The summed E-state index contributed by atoms with van der Waals surface area (Å²) in [5, 5.41) is 3.69. The van der Waals surface area contributed by atoms with Crippen molar-refractivity contribution in [1.29, 1.82) is 0 Å². The number of carbonyl (C=O) groups is 2. The molecule has 6 heteroatoms. The Labute approximate surface area is 200 Å². The molecule has 1 unspecified atom stereocenters. The Morgan fingerprint density at radius 3 is 2.24 bits per heavy atom. The summed E-state index contributed by atoms with van der Waals surface area (Å²) in [5.74, 6) is -0.451. The van der Waals surface area contributed by atoms with Gasteiger partial charge in [0.25, 0.3) is 5.91 Å². The predicted molar refractivity (Wildman–Crippen MR) is 134 cm³/mol. The van der Waals surface area contributed by atoms with Crippen LogP contribution >= 0.6 is 11.8 Å². The second-order valence-electron chi connectivity index (χ2n) is 8.19. The molecule has 0 aliphatic heterocycles. The average Bonchev–Trinajstić information content (AvgIpc) is 2.81. The summed E-state index contributed by atoms with van der Waals surface area (Å²) < 4.78 is 0. The number of rotatable bonds is 10. The van der Waals surface area contributed by atoms with Crippen LogP contribution in [0.25, 0.3) is 0 Å². The molecule has 0 saturated carbocycles. The minimum atomic E-state index is -0.519. The van der Waals surface area contributed by atoms with Crippen molar-refractivity contribution >= 4 is 23.6 Å². The summed E-state index contributed by atoms with van der Waals surface area (Å²) in [6, 6.07) is 20.3. The van der Waals surface area contributed by atoms with Crippen LogP contribution in [-0.2, 0) is 11.2 Å². The molecule has 0 aliphatic carbocycles. The van der Waals surface area contributed by atoms with E-state index in [0.717, 1.165) is 41.6 Å². The van der Waals surface area contributed by atoms with Gasteiger partial charge in [0.05, 0.1) is 17.4 Å². The van der Waals surface area contributed by atoms with Gasteiger partial charge in [-0.2, -0.15) is 0 Å². The van der Waals surface area contributed by atoms with E-state index in [2.05, 4.69) is 22.4 Å². The highest BCUT2D eigenvalue weighted by molar-refractivity contribution is 8.00. The van der Waals surface area contributed by atoms with Crippen LogP contribution in [0.15, 0.2) is 65.7 Å². The zero-order chi connectivity index (χ0) is 23.8. The largest absolute Gasteiger partial charge is 0.366 e. The second kappa shape index (κ2) is 11.7. The number of aryl methyl sites for hydroxylation is 2. The first-order valence-corrected chi connectivity index (χ1v) is 12.1. The van der Waals surface area contributed by atoms with Crippen molar-refractivity contribution in [3.63, 3.8) is 0 Å². The number of nitrogens with two attached hydrogens (primary N) is 1. The van der Waals surface area contributed by atoms with E-state index in [4.69, 9.17) is 5.73 Å². The standard InChI is InChI=1S/C27H31N3O2S/c1-18-19(2)25(26(28)32)27(29-20(18)3)33-17-24(31)30-23(22-14-8-5-9-15-22)16-10-13-21-11-6-4-7-12-21/h4-9,11-12,14-15,23H,10,13,16-17H2,1-3H3,(H2,28,32)(H,30,31). The van der Waals surface area contributed by atoms with Crippen molar-refractivity contribution in [2.75, 3.05) is 5.75 Å². The molecule has 3 N–H and O–H groups in total. The lowest BCUT2D eigenvalue weighted by Gasteiger charge is -2.20. The highest BCUT2D eigenvalue weighted by Crippen LogP contribution is 2.27. The van der Waals surface area contributed by atoms with E-state index in [1.54, 1.807) is 0 Å². The number of carbonyl (C=O) groups excluding carboxylic acids is 2. The van der Waals surface area contributed by atoms with E-state index in [-0.39, 0.29) is 17.7 Å². The topological polar surface area (TPSA) is 85.1 Å². The smallest absolute Gasteiger partial charge is 0.251 e. The minimum absolute atomic E-state index is 0.0759. The van der Waals surface area contributed by atoms with Crippen LogP contribution in [0.3, 0.4) is 0 Å². The van der Waals surface area contributed by atoms with Crippen LogP contribution in [0.5, 0.6) is 0 Å². The van der Waals surface area contributed by atoms with Crippen LogP contribution in [0.1, 0.15) is 57.2 Å². The molecule has 0 aliphatic rings. The molecule has 172 valence electrons. The first-order valence-electron chi connectivity index (χ1n) is 11.2. The summed E-state index contributed by atoms with van der Waals surface area (Å²) in [4.78, 5) is 29.4. The fourth-order valence-electron chi connectivity index (χ4n) is 3.84. The third kappa shape index (κ3) is 6.68. The van der Waals surface area contributed by atoms with Gasteiger partial charge in [0, 0.05) is 5.69 Å². The quantitative estimate of drug-likeness (QED) is 0.413. The lowest BCUT2D eigenvalue weighted by atomic mass is 9.99. The van der Waals surface area contributed by atoms with E-state index < -0.39 is 5.91 Å². The summed E-state index contributed by atoms with van der Waals surface area (Å²) >= 11 is 1.25. The predicted octanol–water partition coefficient (Wildman–Crippen LogP) is 5.08. The van der Waals surface area contributed by atoms with Gasteiger partial charge in [-0.05, 0) is 62.3 Å². The Kier molecular flexibility index (Phi) is 8.66. The summed E-state index contributed by atoms with van der Waals surface area (Å²) in [5.41, 5.74) is 11.0. The molecule has 0 bridgehead atoms. The highest BCUT2D eigenvalue weighted by Gasteiger charge is 2.20. The Balaban J connectivity index is 1.67. The summed E-state index contributed by atoms with van der Waals surface area (Å²) in [6.07, 6.45) is 2.76. The van der Waals surface area contributed by atoms with Crippen LogP contribution < -0.4 is 11.1 Å². The van der Waals surface area contributed by atoms with E-state index in [0.29, 0.717) is 10.6 Å². The number of amides is 2. The molecule has 2 aromatic carbocycles. The van der Waals surface area contributed by atoms with Crippen LogP contribution in [0.4, 0.5) is 0 Å². The van der Waals surface area contributed by atoms with Crippen molar-refractivity contribution in [3.8, 4) is 0 Å². The maximum absolute atomic E-state index is 12.9. The van der Waals surface area contributed by atoms with Gasteiger partial charge < -0.3 is 11.1 Å². The number of benzene rings is 2. The molecule has 3 aromatic rings. The fourth-order valence-corrected chi connectivity index (χ4v) is 4.79. The zero-order valence-corrected chi connectivity index (χ0v) is 20.2. The van der Waals surface area contributed by atoms with Crippen LogP contribution in [0.2, 0.25) is 0 Å². The fraction of sp³-hybridized carbons (Fsp3) is 0.296. The molecular weight excluding hydrogens is 430 g/mol. The van der Waals surface area contributed by atoms with E-state index >= 15 is 0 Å². The van der Waals surface area contributed by atoms with Crippen molar-refractivity contribution in [3.05, 3.63) is 94.2 Å². The number of thioether (sulfide) groups is 1. The zero-order valence-electron chi connectivity index (χ0n) is 19.4. The van der Waals surface area contributed by atoms with Gasteiger partial charge in [-0.3, -0.25) is 9.59 Å². The minimum Gasteiger partial charge on any atom is -0.366 e. The Morgan fingerprint density at radius 1 is 0.970 bits per heavy atom. The van der Waals surface area contributed by atoms with Gasteiger partial charge in [0.15, 0.2) is 0 Å². The summed E-state index contributed by atoms with van der Waals surface area (Å²) in [7, 11) is 0. The molecule has 1 atom stereocenters. The average molecular weight is 462 g/mol. The molecule has 1 aromatic heterocycles. The molecule has 1 heterocycles. The summed E-state index contributed by atoms with van der Waals surface area (Å²) in [6.45, 7) is 5.69. The number of pyridine rings is 1. The van der Waals surface area contributed by atoms with E-state index in [1.807, 2.05) is 69.3 Å². The maximum atomic E-state index is 12.9. The molecule has 0 fully saturated rings. The SMILES string of the molecule is Cc1nc(SCC(=O)NC(CCCc2ccccc2)c2ccccc2)c(C(N)=O)c(C)c1C. The van der Waals surface area contributed by atoms with Gasteiger partial charge in [-0.25, -0.2) is 4.98 Å². The number of nitrogens with zero attached hydrogens (tertiary/aromatic N) is 1. The van der Waals surface area contributed by atoms with Gasteiger partial charge in [0.2, 0.25) is 5.91 Å². The molecule has 0 radical (unpaired) electrons. The molecule has 3 rings (SSSR count). The number of primary amides is 1. The molecule has 0 saturated heterocycles. The monoisotopic (exact) mass is 461 g/mol. The molecule has 33 heavy (non-hydrogen) atoms. The first-order chi connectivity index (χ1) is 15.9. The lowest BCUT2D eigenvalue weighted by Crippen LogP contribution is -2.30. The Hall–Kier alpha value is -3.12. The number of nitrogens with one attached hydrogen (secondary N) is 1. The second-order valence-corrected chi connectivity index (χ2v) is 9.15. The third-order valence-electron chi connectivity index (χ3n) is 5.89. The van der Waals surface area contributed by atoms with E-state index in [1.165, 1.54) is 17.3 Å². The maximum Gasteiger partial charge on any atom is 0.251 e. The molecular formula is C27H31N3O2S. The van der Waals surface area contributed by atoms with Crippen molar-refractivity contribution in [2.45, 2.75) is 51.1 Å². The number of hydrogen-bond acceptors (Lipinski definition) is 4. The molecule has 2 amide bonds. The molecule has 5 nitrogen and oxygen atoms in total. The van der Waals surface area contributed by atoms with Crippen LogP contribution in [0, 0.1) is 20.8 Å². The van der Waals surface area contributed by atoms with Gasteiger partial charge in [-0.1, -0.05) is 72.4 Å². The Bertz CT molecular complexity index is 1100. The molecule has 0 spiro atoms. The normalized spacial score (nSPS) is 11.7. The van der Waals surface area contributed by atoms with Crippen molar-refractivity contribution < 1.29 is 9.59 Å². The van der Waals surface area contributed by atoms with Gasteiger partial charge in [-0.15, -0.1) is 0 Å². The first kappa shape index (κ1) is 24.5. The van der Waals surface area contributed by atoms with Crippen LogP contribution in [-0.4, -0.2) is 22.6 Å².